The molecule has 6 nitrogen and oxygen atoms in total. The summed E-state index contributed by atoms with van der Waals surface area (Å²) in [4.78, 5) is 13.5. The summed E-state index contributed by atoms with van der Waals surface area (Å²) in [6.07, 6.45) is 3.22. The number of carbonyl (C=O) groups is 1. The van der Waals surface area contributed by atoms with Gasteiger partial charge in [-0.05, 0) is 25.7 Å². The van der Waals surface area contributed by atoms with Crippen molar-refractivity contribution in [3.8, 4) is 11.3 Å². The van der Waals surface area contributed by atoms with E-state index in [0.717, 1.165) is 36.5 Å². The molecular formula is C18H25N5O. The van der Waals surface area contributed by atoms with Gasteiger partial charge in [-0.15, -0.1) is 0 Å². The highest BCUT2D eigenvalue weighted by Gasteiger charge is 2.10. The zero-order valence-electron chi connectivity index (χ0n) is 14.3. The lowest BCUT2D eigenvalue weighted by molar-refractivity contribution is -0.116. The molecule has 0 aliphatic carbocycles. The third-order valence-electron chi connectivity index (χ3n) is 3.78. The number of aromatic amines is 1. The first kappa shape index (κ1) is 17.9. The van der Waals surface area contributed by atoms with Gasteiger partial charge in [0, 0.05) is 43.5 Å². The van der Waals surface area contributed by atoms with Gasteiger partial charge in [0.15, 0.2) is 0 Å². The largest absolute Gasteiger partial charge is 0.348 e. The number of aromatic nitrogens is 2. The first-order valence-electron chi connectivity index (χ1n) is 7.99. The van der Waals surface area contributed by atoms with E-state index < -0.39 is 0 Å². The molecule has 2 aromatic rings. The second-order valence-corrected chi connectivity index (χ2v) is 5.72. The number of hydrogen-bond donors (Lipinski definition) is 3. The highest BCUT2D eigenvalue weighted by Crippen LogP contribution is 2.22. The molecule has 1 amide bonds. The Morgan fingerprint density at radius 2 is 2.12 bits per heavy atom. The minimum absolute atomic E-state index is 0.168. The van der Waals surface area contributed by atoms with Crippen LogP contribution in [0.15, 0.2) is 43.1 Å². The summed E-state index contributed by atoms with van der Waals surface area (Å²) in [7, 11) is 4.05. The topological polar surface area (TPSA) is 73.0 Å². The molecule has 0 aliphatic heterocycles. The Balaban J connectivity index is 2.03. The smallest absolute Gasteiger partial charge is 0.243 e. The maximum atomic E-state index is 11.2. The van der Waals surface area contributed by atoms with E-state index in [0.29, 0.717) is 6.54 Å². The average molecular weight is 327 g/mol. The van der Waals surface area contributed by atoms with Crippen molar-refractivity contribution < 1.29 is 4.79 Å². The molecule has 0 radical (unpaired) electrons. The zero-order valence-corrected chi connectivity index (χ0v) is 14.3. The number of likely N-dealkylation sites (N-methyl/N-ethyl adjacent to an activating group) is 2. The predicted octanol–water partition coefficient (Wildman–Crippen LogP) is 1.53. The zero-order chi connectivity index (χ0) is 17.4. The molecule has 3 N–H and O–H groups in total. The van der Waals surface area contributed by atoms with Crippen molar-refractivity contribution >= 4 is 5.91 Å². The highest BCUT2D eigenvalue weighted by molar-refractivity contribution is 5.86. The number of benzene rings is 1. The molecule has 0 spiro atoms. The fraction of sp³-hybridized carbons (Fsp3) is 0.333. The minimum Gasteiger partial charge on any atom is -0.348 e. The fourth-order valence-corrected chi connectivity index (χ4v) is 2.40. The van der Waals surface area contributed by atoms with Crippen LogP contribution >= 0.6 is 0 Å². The molecule has 24 heavy (non-hydrogen) atoms. The monoisotopic (exact) mass is 327 g/mol. The molecule has 6 heteroatoms. The van der Waals surface area contributed by atoms with Gasteiger partial charge in [0.1, 0.15) is 0 Å². The Morgan fingerprint density at radius 1 is 1.38 bits per heavy atom. The van der Waals surface area contributed by atoms with Crippen molar-refractivity contribution in [2.24, 2.45) is 0 Å². The molecule has 0 bridgehead atoms. The van der Waals surface area contributed by atoms with Crippen LogP contribution in [-0.2, 0) is 17.9 Å². The first-order chi connectivity index (χ1) is 11.6. The van der Waals surface area contributed by atoms with Crippen LogP contribution in [0.4, 0.5) is 0 Å². The quantitative estimate of drug-likeness (QED) is 0.611. The van der Waals surface area contributed by atoms with Crippen molar-refractivity contribution in [2.75, 3.05) is 27.2 Å². The number of amides is 1. The number of carbonyl (C=O) groups excluding carboxylic acids is 1. The maximum absolute atomic E-state index is 11.2. The van der Waals surface area contributed by atoms with Gasteiger partial charge in [-0.1, -0.05) is 30.8 Å². The molecule has 0 unspecified atom stereocenters. The molecule has 1 heterocycles. The van der Waals surface area contributed by atoms with Gasteiger partial charge in [-0.2, -0.15) is 5.10 Å². The van der Waals surface area contributed by atoms with Crippen molar-refractivity contribution in [2.45, 2.75) is 13.1 Å². The van der Waals surface area contributed by atoms with Crippen LogP contribution in [0.25, 0.3) is 11.3 Å². The van der Waals surface area contributed by atoms with E-state index in [-0.39, 0.29) is 5.91 Å². The standard InChI is InChI=1S/C18H25N5O/c1-4-17(24)20-11-14-5-7-15(8-6-14)18-16(12-21-22-18)13-23(3)10-9-19-2/h4-8,12,19H,1,9-11,13H2,2-3H3,(H,20,24)(H,21,22). The highest BCUT2D eigenvalue weighted by atomic mass is 16.1. The Kier molecular flexibility index (Phi) is 6.72. The Morgan fingerprint density at radius 3 is 2.79 bits per heavy atom. The molecule has 0 saturated heterocycles. The van der Waals surface area contributed by atoms with Crippen LogP contribution in [0.2, 0.25) is 0 Å². The van der Waals surface area contributed by atoms with E-state index >= 15 is 0 Å². The Hall–Kier alpha value is -2.44. The van der Waals surface area contributed by atoms with Crippen LogP contribution in [0.5, 0.6) is 0 Å². The number of H-pyrrole nitrogens is 1. The molecular weight excluding hydrogens is 302 g/mol. The third-order valence-corrected chi connectivity index (χ3v) is 3.78. The van der Waals surface area contributed by atoms with Gasteiger partial charge in [-0.3, -0.25) is 9.89 Å². The van der Waals surface area contributed by atoms with Crippen molar-refractivity contribution in [1.82, 2.24) is 25.7 Å². The lowest BCUT2D eigenvalue weighted by Gasteiger charge is -2.16. The molecule has 0 saturated carbocycles. The molecule has 0 aliphatic rings. The van der Waals surface area contributed by atoms with E-state index in [1.54, 1.807) is 0 Å². The van der Waals surface area contributed by atoms with Crippen molar-refractivity contribution in [1.29, 1.82) is 0 Å². The summed E-state index contributed by atoms with van der Waals surface area (Å²) in [5.74, 6) is -0.168. The maximum Gasteiger partial charge on any atom is 0.243 e. The van der Waals surface area contributed by atoms with Gasteiger partial charge in [0.2, 0.25) is 5.91 Å². The normalized spacial score (nSPS) is 10.8. The molecule has 1 aromatic carbocycles. The molecule has 128 valence electrons. The second kappa shape index (κ2) is 9.00. The third kappa shape index (κ3) is 5.04. The number of hydrogen-bond acceptors (Lipinski definition) is 4. The number of nitrogens with one attached hydrogen (secondary N) is 3. The van der Waals surface area contributed by atoms with E-state index in [2.05, 4.69) is 39.4 Å². The number of nitrogens with zero attached hydrogens (tertiary/aromatic N) is 2. The Bertz CT molecular complexity index is 662. The van der Waals surface area contributed by atoms with Gasteiger partial charge < -0.3 is 15.5 Å². The Labute approximate surface area is 143 Å². The van der Waals surface area contributed by atoms with E-state index in [1.165, 1.54) is 11.6 Å². The van der Waals surface area contributed by atoms with E-state index in [9.17, 15) is 4.79 Å². The van der Waals surface area contributed by atoms with Crippen LogP contribution in [-0.4, -0.2) is 48.2 Å². The summed E-state index contributed by atoms with van der Waals surface area (Å²) in [6, 6.07) is 8.06. The average Bonchev–Trinajstić information content (AvgIpc) is 3.06. The lowest BCUT2D eigenvalue weighted by Crippen LogP contribution is -2.26. The molecule has 0 atom stereocenters. The predicted molar refractivity (Wildman–Crippen MR) is 96.3 cm³/mol. The van der Waals surface area contributed by atoms with Gasteiger partial charge in [0.05, 0.1) is 5.69 Å². The van der Waals surface area contributed by atoms with Crippen LogP contribution in [0.3, 0.4) is 0 Å². The first-order valence-corrected chi connectivity index (χ1v) is 7.99. The van der Waals surface area contributed by atoms with Gasteiger partial charge >= 0.3 is 0 Å². The second-order valence-electron chi connectivity index (χ2n) is 5.72. The summed E-state index contributed by atoms with van der Waals surface area (Å²) >= 11 is 0. The fourth-order valence-electron chi connectivity index (χ4n) is 2.40. The minimum atomic E-state index is -0.168. The lowest BCUT2D eigenvalue weighted by atomic mass is 10.1. The SMILES string of the molecule is C=CC(=O)NCc1ccc(-c2n[nH]cc2CN(C)CCNC)cc1. The van der Waals surface area contributed by atoms with Crippen molar-refractivity contribution in [3.63, 3.8) is 0 Å². The summed E-state index contributed by atoms with van der Waals surface area (Å²) in [5, 5.41) is 13.3. The van der Waals surface area contributed by atoms with E-state index in [4.69, 9.17) is 0 Å². The van der Waals surface area contributed by atoms with Crippen LogP contribution in [0.1, 0.15) is 11.1 Å². The summed E-state index contributed by atoms with van der Waals surface area (Å²) in [5.41, 5.74) is 4.23. The van der Waals surface area contributed by atoms with E-state index in [1.807, 2.05) is 37.5 Å². The van der Waals surface area contributed by atoms with Gasteiger partial charge in [-0.25, -0.2) is 0 Å². The van der Waals surface area contributed by atoms with Crippen molar-refractivity contribution in [3.05, 3.63) is 54.2 Å². The summed E-state index contributed by atoms with van der Waals surface area (Å²) in [6.45, 7) is 6.70. The van der Waals surface area contributed by atoms with Crippen LogP contribution in [0, 0.1) is 0 Å². The van der Waals surface area contributed by atoms with Gasteiger partial charge in [0.25, 0.3) is 0 Å². The van der Waals surface area contributed by atoms with Crippen LogP contribution < -0.4 is 10.6 Å². The molecule has 1 aromatic heterocycles. The molecule has 0 fully saturated rings. The molecule has 2 rings (SSSR count). The summed E-state index contributed by atoms with van der Waals surface area (Å²) < 4.78 is 0. The number of rotatable bonds is 9.